The summed E-state index contributed by atoms with van der Waals surface area (Å²) in [4.78, 5) is 10.9. The molecule has 0 spiro atoms. The molecule has 0 aliphatic carbocycles. The molecule has 0 saturated carbocycles. The van der Waals surface area contributed by atoms with E-state index < -0.39 is 5.97 Å². The summed E-state index contributed by atoms with van der Waals surface area (Å²) in [5, 5.41) is 27.2. The zero-order valence-electron chi connectivity index (χ0n) is 13.5. The summed E-state index contributed by atoms with van der Waals surface area (Å²) in [5.41, 5.74) is 2.57. The van der Waals surface area contributed by atoms with Crippen LogP contribution < -0.4 is 0 Å². The van der Waals surface area contributed by atoms with Gasteiger partial charge in [-0.15, -0.1) is 0 Å². The fraction of sp³-hybridized carbons (Fsp3) is 0. The van der Waals surface area contributed by atoms with E-state index >= 15 is 0 Å². The summed E-state index contributed by atoms with van der Waals surface area (Å²) < 4.78 is 5.74. The van der Waals surface area contributed by atoms with Crippen LogP contribution in [0.1, 0.15) is 27.2 Å². The van der Waals surface area contributed by atoms with Crippen molar-refractivity contribution >= 4 is 17.6 Å². The van der Waals surface area contributed by atoms with Crippen LogP contribution in [0.3, 0.4) is 0 Å². The molecular formula is C21H12N2O3. The fourth-order valence-corrected chi connectivity index (χ4v) is 2.41. The molecule has 0 unspecified atom stereocenters. The molecule has 0 aliphatic heterocycles. The second-order valence-corrected chi connectivity index (χ2v) is 5.44. The fourth-order valence-electron chi connectivity index (χ4n) is 2.41. The Bertz CT molecular complexity index is 1060. The SMILES string of the molecule is N#C/C(=C/c1ccc(-c2ccc(C(=O)O)cc2)o1)c1ccc(C#N)cc1. The molecule has 1 heterocycles. The number of aromatic carboxylic acids is 1. The van der Waals surface area contributed by atoms with Crippen LogP contribution >= 0.6 is 0 Å². The average molecular weight is 340 g/mol. The quantitative estimate of drug-likeness (QED) is 0.701. The van der Waals surface area contributed by atoms with Crippen molar-refractivity contribution in [1.29, 1.82) is 10.5 Å². The molecule has 1 N–H and O–H groups in total. The van der Waals surface area contributed by atoms with Crippen LogP contribution in [0.5, 0.6) is 0 Å². The number of rotatable bonds is 4. The van der Waals surface area contributed by atoms with E-state index in [4.69, 9.17) is 14.8 Å². The minimum Gasteiger partial charge on any atom is -0.478 e. The smallest absolute Gasteiger partial charge is 0.335 e. The minimum absolute atomic E-state index is 0.202. The Balaban J connectivity index is 1.88. The van der Waals surface area contributed by atoms with E-state index in [2.05, 4.69) is 6.07 Å². The molecule has 3 rings (SSSR count). The maximum atomic E-state index is 10.9. The van der Waals surface area contributed by atoms with Crippen LogP contribution in [0, 0.1) is 22.7 Å². The molecule has 1 aromatic heterocycles. The molecule has 0 atom stereocenters. The predicted octanol–water partition coefficient (Wildman–Crippen LogP) is 4.58. The first-order valence-corrected chi connectivity index (χ1v) is 7.66. The number of nitriles is 2. The van der Waals surface area contributed by atoms with Gasteiger partial charge in [0.25, 0.3) is 0 Å². The molecule has 2 aromatic carbocycles. The van der Waals surface area contributed by atoms with Gasteiger partial charge in [-0.05, 0) is 48.0 Å². The molecule has 0 bridgehead atoms. The third-order valence-corrected chi connectivity index (χ3v) is 3.78. The van der Waals surface area contributed by atoms with Gasteiger partial charge in [-0.2, -0.15) is 10.5 Å². The van der Waals surface area contributed by atoms with Crippen molar-refractivity contribution in [3.8, 4) is 23.5 Å². The van der Waals surface area contributed by atoms with Crippen molar-refractivity contribution < 1.29 is 14.3 Å². The highest BCUT2D eigenvalue weighted by atomic mass is 16.4. The number of carboxylic acid groups (broad SMARTS) is 1. The Morgan fingerprint density at radius 2 is 1.58 bits per heavy atom. The van der Waals surface area contributed by atoms with Gasteiger partial charge in [0.05, 0.1) is 28.8 Å². The molecule has 124 valence electrons. The van der Waals surface area contributed by atoms with Gasteiger partial charge in [-0.25, -0.2) is 4.79 Å². The monoisotopic (exact) mass is 340 g/mol. The first-order valence-electron chi connectivity index (χ1n) is 7.66. The van der Waals surface area contributed by atoms with Gasteiger partial charge in [0.2, 0.25) is 0 Å². The maximum absolute atomic E-state index is 10.9. The third kappa shape index (κ3) is 3.53. The summed E-state index contributed by atoms with van der Waals surface area (Å²) in [7, 11) is 0. The first-order chi connectivity index (χ1) is 12.6. The van der Waals surface area contributed by atoms with Crippen LogP contribution in [-0.4, -0.2) is 11.1 Å². The zero-order valence-corrected chi connectivity index (χ0v) is 13.5. The number of allylic oxidation sites excluding steroid dienone is 1. The highest BCUT2D eigenvalue weighted by molar-refractivity contribution is 5.89. The zero-order chi connectivity index (χ0) is 18.5. The van der Waals surface area contributed by atoms with Crippen LogP contribution in [0.4, 0.5) is 0 Å². The lowest BCUT2D eigenvalue weighted by Gasteiger charge is -1.99. The lowest BCUT2D eigenvalue weighted by Crippen LogP contribution is -1.94. The molecule has 0 amide bonds. The number of benzene rings is 2. The van der Waals surface area contributed by atoms with Gasteiger partial charge in [0.15, 0.2) is 0 Å². The predicted molar refractivity (Wildman–Crippen MR) is 95.7 cm³/mol. The van der Waals surface area contributed by atoms with Crippen molar-refractivity contribution in [3.63, 3.8) is 0 Å². The van der Waals surface area contributed by atoms with Crippen LogP contribution in [-0.2, 0) is 0 Å². The summed E-state index contributed by atoms with van der Waals surface area (Å²) >= 11 is 0. The third-order valence-electron chi connectivity index (χ3n) is 3.78. The second-order valence-electron chi connectivity index (χ2n) is 5.44. The lowest BCUT2D eigenvalue weighted by molar-refractivity contribution is 0.0697. The summed E-state index contributed by atoms with van der Waals surface area (Å²) in [6.45, 7) is 0. The molecule has 5 heteroatoms. The molecule has 5 nitrogen and oxygen atoms in total. The van der Waals surface area contributed by atoms with Gasteiger partial charge >= 0.3 is 5.97 Å². The van der Waals surface area contributed by atoms with E-state index in [0.717, 1.165) is 5.56 Å². The van der Waals surface area contributed by atoms with Gasteiger partial charge in [0, 0.05) is 5.56 Å². The van der Waals surface area contributed by atoms with E-state index in [1.807, 2.05) is 6.07 Å². The summed E-state index contributed by atoms with van der Waals surface area (Å²) in [6, 6.07) is 20.7. The molecular weight excluding hydrogens is 328 g/mol. The van der Waals surface area contributed by atoms with Crippen molar-refractivity contribution in [2.24, 2.45) is 0 Å². The Morgan fingerprint density at radius 3 is 2.15 bits per heavy atom. The maximum Gasteiger partial charge on any atom is 0.335 e. The van der Waals surface area contributed by atoms with Crippen molar-refractivity contribution in [2.75, 3.05) is 0 Å². The van der Waals surface area contributed by atoms with E-state index in [0.29, 0.717) is 28.2 Å². The second kappa shape index (κ2) is 7.21. The van der Waals surface area contributed by atoms with Crippen molar-refractivity contribution in [2.45, 2.75) is 0 Å². The highest BCUT2D eigenvalue weighted by Gasteiger charge is 2.08. The normalized spacial score (nSPS) is 10.8. The topological polar surface area (TPSA) is 98.0 Å². The van der Waals surface area contributed by atoms with Gasteiger partial charge in [0.1, 0.15) is 11.5 Å². The van der Waals surface area contributed by atoms with E-state index in [1.54, 1.807) is 54.6 Å². The van der Waals surface area contributed by atoms with Crippen molar-refractivity contribution in [1.82, 2.24) is 0 Å². The Kier molecular flexibility index (Phi) is 4.65. The molecule has 0 radical (unpaired) electrons. The number of carbonyl (C=O) groups is 1. The number of nitrogens with zero attached hydrogens (tertiary/aromatic N) is 2. The summed E-state index contributed by atoms with van der Waals surface area (Å²) in [5.74, 6) is 0.0919. The van der Waals surface area contributed by atoms with Gasteiger partial charge in [-0.3, -0.25) is 0 Å². The highest BCUT2D eigenvalue weighted by Crippen LogP contribution is 2.25. The van der Waals surface area contributed by atoms with Crippen LogP contribution in [0.15, 0.2) is 65.1 Å². The Hall–Kier alpha value is -4.09. The number of carboxylic acids is 1. The largest absolute Gasteiger partial charge is 0.478 e. The average Bonchev–Trinajstić information content (AvgIpc) is 3.15. The summed E-state index contributed by atoms with van der Waals surface area (Å²) in [6.07, 6.45) is 1.62. The minimum atomic E-state index is -0.985. The van der Waals surface area contributed by atoms with E-state index in [9.17, 15) is 10.1 Å². The van der Waals surface area contributed by atoms with Crippen LogP contribution in [0.25, 0.3) is 23.0 Å². The Labute approximate surface area is 149 Å². The molecule has 0 aliphatic rings. The standard InChI is InChI=1S/C21H12N2O3/c22-12-14-1-3-15(4-2-14)18(13-23)11-19-9-10-20(26-19)16-5-7-17(8-6-16)21(24)25/h1-11H,(H,24,25)/b18-11-. The lowest BCUT2D eigenvalue weighted by atomic mass is 10.0. The molecule has 26 heavy (non-hydrogen) atoms. The number of hydrogen-bond donors (Lipinski definition) is 1. The molecule has 0 saturated heterocycles. The van der Waals surface area contributed by atoms with Crippen LogP contribution in [0.2, 0.25) is 0 Å². The first kappa shape index (κ1) is 16.8. The van der Waals surface area contributed by atoms with Gasteiger partial charge in [-0.1, -0.05) is 24.3 Å². The van der Waals surface area contributed by atoms with Crippen molar-refractivity contribution in [3.05, 3.63) is 83.1 Å². The van der Waals surface area contributed by atoms with E-state index in [-0.39, 0.29) is 5.56 Å². The Morgan fingerprint density at radius 1 is 0.923 bits per heavy atom. The number of hydrogen-bond acceptors (Lipinski definition) is 4. The van der Waals surface area contributed by atoms with E-state index in [1.165, 1.54) is 12.1 Å². The van der Waals surface area contributed by atoms with Gasteiger partial charge < -0.3 is 9.52 Å². The molecule has 0 fully saturated rings. The number of furan rings is 1. The molecule has 3 aromatic rings.